The van der Waals surface area contributed by atoms with E-state index in [0.717, 1.165) is 28.5 Å². The average molecular weight is 343 g/mol. The van der Waals surface area contributed by atoms with E-state index in [1.165, 1.54) is 0 Å². The fourth-order valence-electron chi connectivity index (χ4n) is 3.39. The molecule has 2 aromatic heterocycles. The fourth-order valence-corrected chi connectivity index (χ4v) is 3.39. The smallest absolute Gasteiger partial charge is 0.246 e. The third-order valence-corrected chi connectivity index (χ3v) is 4.45. The van der Waals surface area contributed by atoms with Gasteiger partial charge in [0.1, 0.15) is 5.76 Å². The lowest BCUT2D eigenvalue weighted by Crippen LogP contribution is -2.47. The first-order valence-electron chi connectivity index (χ1n) is 8.60. The summed E-state index contributed by atoms with van der Waals surface area (Å²) in [5.74, 6) is 1.55. The minimum Gasteiger partial charge on any atom is -0.372 e. The standard InChI is InChI=1S/C19H25N3O3/c1-12-8-17(16(5)22(12)18-9-13(2)25-20-18)6-7-19(23)21-10-14(3)24-15(4)11-21/h6-9,14-15H,10-11H2,1-5H3/b7-6+. The molecule has 134 valence electrons. The van der Waals surface area contributed by atoms with Crippen molar-refractivity contribution in [3.8, 4) is 5.82 Å². The first-order valence-corrected chi connectivity index (χ1v) is 8.60. The zero-order chi connectivity index (χ0) is 18.1. The van der Waals surface area contributed by atoms with Gasteiger partial charge in [0, 0.05) is 36.6 Å². The molecule has 6 heteroatoms. The van der Waals surface area contributed by atoms with Gasteiger partial charge in [-0.1, -0.05) is 5.16 Å². The molecule has 6 nitrogen and oxygen atoms in total. The summed E-state index contributed by atoms with van der Waals surface area (Å²) in [6.07, 6.45) is 3.66. The van der Waals surface area contributed by atoms with Crippen molar-refractivity contribution < 1.29 is 14.1 Å². The fraction of sp³-hybridized carbons (Fsp3) is 0.474. The Kier molecular flexibility index (Phi) is 4.81. The van der Waals surface area contributed by atoms with E-state index in [0.29, 0.717) is 13.1 Å². The number of carbonyl (C=O) groups excluding carboxylic acids is 1. The second-order valence-electron chi connectivity index (χ2n) is 6.79. The summed E-state index contributed by atoms with van der Waals surface area (Å²) in [6.45, 7) is 11.1. The molecule has 0 saturated carbocycles. The predicted octanol–water partition coefficient (Wildman–Crippen LogP) is 3.04. The van der Waals surface area contributed by atoms with Crippen molar-refractivity contribution in [1.82, 2.24) is 14.6 Å². The number of amides is 1. The van der Waals surface area contributed by atoms with Gasteiger partial charge in [-0.2, -0.15) is 0 Å². The molecule has 1 amide bonds. The topological polar surface area (TPSA) is 60.5 Å². The molecule has 1 fully saturated rings. The maximum absolute atomic E-state index is 12.5. The second-order valence-corrected chi connectivity index (χ2v) is 6.79. The number of morpholine rings is 1. The zero-order valence-corrected chi connectivity index (χ0v) is 15.4. The highest BCUT2D eigenvalue weighted by Gasteiger charge is 2.24. The lowest BCUT2D eigenvalue weighted by atomic mass is 10.2. The van der Waals surface area contributed by atoms with Crippen LogP contribution < -0.4 is 0 Å². The van der Waals surface area contributed by atoms with Crippen LogP contribution in [0.4, 0.5) is 0 Å². The van der Waals surface area contributed by atoms with Crippen LogP contribution in [-0.4, -0.2) is 45.8 Å². The molecule has 0 spiro atoms. The van der Waals surface area contributed by atoms with Crippen LogP contribution in [0.25, 0.3) is 11.9 Å². The molecular formula is C19H25N3O3. The Balaban J connectivity index is 1.79. The molecule has 2 unspecified atom stereocenters. The first kappa shape index (κ1) is 17.5. The number of aryl methyl sites for hydroxylation is 2. The molecule has 2 atom stereocenters. The molecule has 0 radical (unpaired) electrons. The van der Waals surface area contributed by atoms with Crippen molar-refractivity contribution in [1.29, 1.82) is 0 Å². The molecule has 0 bridgehead atoms. The van der Waals surface area contributed by atoms with Crippen LogP contribution in [0, 0.1) is 20.8 Å². The number of aromatic nitrogens is 2. The zero-order valence-electron chi connectivity index (χ0n) is 15.4. The number of rotatable bonds is 3. The van der Waals surface area contributed by atoms with Crippen molar-refractivity contribution in [3.05, 3.63) is 40.9 Å². The molecule has 1 aliphatic heterocycles. The van der Waals surface area contributed by atoms with Crippen LogP contribution in [0.3, 0.4) is 0 Å². The summed E-state index contributed by atoms with van der Waals surface area (Å²) in [5.41, 5.74) is 3.07. The van der Waals surface area contributed by atoms with Crippen molar-refractivity contribution >= 4 is 12.0 Å². The molecule has 0 N–H and O–H groups in total. The molecule has 3 rings (SSSR count). The molecule has 1 aliphatic rings. The van der Waals surface area contributed by atoms with Gasteiger partial charge in [0.25, 0.3) is 0 Å². The SMILES string of the molecule is Cc1cc(-n2c(C)cc(/C=C/C(=O)N3CC(C)OC(C)C3)c2C)no1. The van der Waals surface area contributed by atoms with E-state index in [9.17, 15) is 4.79 Å². The largest absolute Gasteiger partial charge is 0.372 e. The van der Waals surface area contributed by atoms with Gasteiger partial charge >= 0.3 is 0 Å². The molecule has 3 heterocycles. The van der Waals surface area contributed by atoms with E-state index in [1.807, 2.05) is 62.3 Å². The Bertz CT molecular complexity index is 793. The van der Waals surface area contributed by atoms with Crippen LogP contribution >= 0.6 is 0 Å². The van der Waals surface area contributed by atoms with Crippen LogP contribution in [0.5, 0.6) is 0 Å². The van der Waals surface area contributed by atoms with Crippen LogP contribution in [0.2, 0.25) is 0 Å². The van der Waals surface area contributed by atoms with Gasteiger partial charge in [0.2, 0.25) is 5.91 Å². The minimum absolute atomic E-state index is 0.0177. The van der Waals surface area contributed by atoms with Crippen molar-refractivity contribution in [3.63, 3.8) is 0 Å². The Labute approximate surface area is 148 Å². The first-order chi connectivity index (χ1) is 11.8. The van der Waals surface area contributed by atoms with Gasteiger partial charge in [-0.15, -0.1) is 0 Å². The summed E-state index contributed by atoms with van der Waals surface area (Å²) < 4.78 is 12.9. The van der Waals surface area contributed by atoms with E-state index in [2.05, 4.69) is 5.16 Å². The lowest BCUT2D eigenvalue weighted by Gasteiger charge is -2.34. The third kappa shape index (κ3) is 3.69. The van der Waals surface area contributed by atoms with Crippen LogP contribution in [0.1, 0.15) is 36.6 Å². The summed E-state index contributed by atoms with van der Waals surface area (Å²) >= 11 is 0. The maximum atomic E-state index is 12.5. The minimum atomic E-state index is 0.0177. The van der Waals surface area contributed by atoms with Gasteiger partial charge in [-0.05, 0) is 52.3 Å². The predicted molar refractivity (Wildman–Crippen MR) is 95.7 cm³/mol. The highest BCUT2D eigenvalue weighted by atomic mass is 16.5. The molecule has 2 aromatic rings. The second kappa shape index (κ2) is 6.88. The molecular weight excluding hydrogens is 318 g/mol. The number of nitrogens with zero attached hydrogens (tertiary/aromatic N) is 3. The number of ether oxygens (including phenoxy) is 1. The highest BCUT2D eigenvalue weighted by Crippen LogP contribution is 2.22. The van der Waals surface area contributed by atoms with E-state index in [1.54, 1.807) is 6.08 Å². The Hall–Kier alpha value is -2.34. The summed E-state index contributed by atoms with van der Waals surface area (Å²) in [7, 11) is 0. The molecule has 25 heavy (non-hydrogen) atoms. The Morgan fingerprint density at radius 2 is 1.88 bits per heavy atom. The highest BCUT2D eigenvalue weighted by molar-refractivity contribution is 5.92. The van der Waals surface area contributed by atoms with Crippen molar-refractivity contribution in [2.75, 3.05) is 13.1 Å². The Morgan fingerprint density at radius 1 is 1.20 bits per heavy atom. The van der Waals surface area contributed by atoms with E-state index in [4.69, 9.17) is 9.26 Å². The van der Waals surface area contributed by atoms with Gasteiger partial charge in [-0.25, -0.2) is 0 Å². The average Bonchev–Trinajstić information content (AvgIpc) is 3.07. The molecule has 0 aliphatic carbocycles. The summed E-state index contributed by atoms with van der Waals surface area (Å²) in [5, 5.41) is 4.08. The maximum Gasteiger partial charge on any atom is 0.246 e. The quantitative estimate of drug-likeness (QED) is 0.804. The third-order valence-electron chi connectivity index (χ3n) is 4.45. The van der Waals surface area contributed by atoms with E-state index in [-0.39, 0.29) is 18.1 Å². The molecule has 1 saturated heterocycles. The van der Waals surface area contributed by atoms with Crippen LogP contribution in [-0.2, 0) is 9.53 Å². The summed E-state index contributed by atoms with van der Waals surface area (Å²) in [6, 6.07) is 3.95. The van der Waals surface area contributed by atoms with Crippen molar-refractivity contribution in [2.24, 2.45) is 0 Å². The number of carbonyl (C=O) groups is 1. The van der Waals surface area contributed by atoms with Gasteiger partial charge in [-0.3, -0.25) is 9.36 Å². The number of hydrogen-bond acceptors (Lipinski definition) is 4. The number of hydrogen-bond donors (Lipinski definition) is 0. The van der Waals surface area contributed by atoms with E-state index < -0.39 is 0 Å². The van der Waals surface area contributed by atoms with Crippen molar-refractivity contribution in [2.45, 2.75) is 46.8 Å². The van der Waals surface area contributed by atoms with Crippen LogP contribution in [0.15, 0.2) is 22.7 Å². The van der Waals surface area contributed by atoms with Gasteiger partial charge in [0.05, 0.1) is 12.2 Å². The summed E-state index contributed by atoms with van der Waals surface area (Å²) in [4.78, 5) is 14.3. The monoisotopic (exact) mass is 343 g/mol. The Morgan fingerprint density at radius 3 is 2.48 bits per heavy atom. The van der Waals surface area contributed by atoms with Gasteiger partial charge in [0.15, 0.2) is 5.82 Å². The normalized spacial score (nSPS) is 21.2. The molecule has 0 aromatic carbocycles. The van der Waals surface area contributed by atoms with E-state index >= 15 is 0 Å². The lowest BCUT2D eigenvalue weighted by molar-refractivity contribution is -0.137. The van der Waals surface area contributed by atoms with Gasteiger partial charge < -0.3 is 14.2 Å².